The Morgan fingerprint density at radius 2 is 2.15 bits per heavy atom. The van der Waals surface area contributed by atoms with Crippen molar-refractivity contribution in [1.29, 1.82) is 5.26 Å². The van der Waals surface area contributed by atoms with Gasteiger partial charge in [-0.3, -0.25) is 0 Å². The molecule has 0 aliphatic carbocycles. The van der Waals surface area contributed by atoms with Gasteiger partial charge in [-0.25, -0.2) is 0 Å². The van der Waals surface area contributed by atoms with E-state index in [1.807, 2.05) is 13.0 Å². The molecular weight excluding hydrogens is 287 g/mol. The predicted molar refractivity (Wildman–Crippen MR) is 75.3 cm³/mol. The maximum absolute atomic E-state index is 12.7. The molecule has 0 aliphatic heterocycles. The Kier molecular flexibility index (Phi) is 5.77. The van der Waals surface area contributed by atoms with E-state index in [2.05, 4.69) is 5.32 Å². The molecular formula is C13H14F3N3S. The second kappa shape index (κ2) is 7.10. The molecule has 0 atom stereocenters. The summed E-state index contributed by atoms with van der Waals surface area (Å²) in [6.45, 7) is 2.63. The third kappa shape index (κ3) is 4.38. The van der Waals surface area contributed by atoms with Gasteiger partial charge in [0.15, 0.2) is 5.11 Å². The van der Waals surface area contributed by atoms with Crippen molar-refractivity contribution in [3.63, 3.8) is 0 Å². The average molecular weight is 301 g/mol. The fraction of sp³-hybridized carbons (Fsp3) is 0.385. The third-order valence-corrected chi connectivity index (χ3v) is 2.87. The SMILES string of the molecule is CCNC(=S)N(CCC#N)c1cccc(C(F)(F)F)c1. The van der Waals surface area contributed by atoms with E-state index in [-0.39, 0.29) is 13.0 Å². The first-order valence-corrected chi connectivity index (χ1v) is 6.40. The van der Waals surface area contributed by atoms with Gasteiger partial charge in [0.25, 0.3) is 0 Å². The number of rotatable bonds is 4. The highest BCUT2D eigenvalue weighted by atomic mass is 32.1. The minimum Gasteiger partial charge on any atom is -0.363 e. The number of hydrogen-bond donors (Lipinski definition) is 1. The summed E-state index contributed by atoms with van der Waals surface area (Å²) in [4.78, 5) is 1.50. The van der Waals surface area contributed by atoms with Crippen LogP contribution in [0.2, 0.25) is 0 Å². The molecule has 7 heteroatoms. The van der Waals surface area contributed by atoms with Crippen LogP contribution in [0.5, 0.6) is 0 Å². The summed E-state index contributed by atoms with van der Waals surface area (Å²) < 4.78 is 38.1. The summed E-state index contributed by atoms with van der Waals surface area (Å²) in [7, 11) is 0. The van der Waals surface area contributed by atoms with Gasteiger partial charge < -0.3 is 10.2 Å². The molecule has 1 rings (SSSR count). The van der Waals surface area contributed by atoms with Crippen LogP contribution >= 0.6 is 12.2 Å². The lowest BCUT2D eigenvalue weighted by Crippen LogP contribution is -2.40. The second-order valence-corrected chi connectivity index (χ2v) is 4.33. The van der Waals surface area contributed by atoms with E-state index in [4.69, 9.17) is 17.5 Å². The van der Waals surface area contributed by atoms with Gasteiger partial charge in [0.2, 0.25) is 0 Å². The summed E-state index contributed by atoms with van der Waals surface area (Å²) in [5.74, 6) is 0. The fourth-order valence-electron chi connectivity index (χ4n) is 1.61. The van der Waals surface area contributed by atoms with E-state index < -0.39 is 11.7 Å². The number of nitrogens with zero attached hydrogens (tertiary/aromatic N) is 2. The molecule has 0 heterocycles. The van der Waals surface area contributed by atoms with Gasteiger partial charge in [0.1, 0.15) is 0 Å². The molecule has 0 fully saturated rings. The Morgan fingerprint density at radius 3 is 2.70 bits per heavy atom. The minimum atomic E-state index is -4.41. The van der Waals surface area contributed by atoms with Gasteiger partial charge >= 0.3 is 6.18 Å². The standard InChI is InChI=1S/C13H14F3N3S/c1-2-18-12(20)19(8-4-7-17)11-6-3-5-10(9-11)13(14,15)16/h3,5-6,9H,2,4,8H2,1H3,(H,18,20). The number of hydrogen-bond acceptors (Lipinski definition) is 2. The van der Waals surface area contributed by atoms with Crippen molar-refractivity contribution in [3.8, 4) is 6.07 Å². The van der Waals surface area contributed by atoms with Crippen molar-refractivity contribution in [2.75, 3.05) is 18.0 Å². The lowest BCUT2D eigenvalue weighted by Gasteiger charge is -2.25. The monoisotopic (exact) mass is 301 g/mol. The van der Waals surface area contributed by atoms with Gasteiger partial charge in [-0.15, -0.1) is 0 Å². The van der Waals surface area contributed by atoms with Crippen LogP contribution in [0.3, 0.4) is 0 Å². The molecule has 0 aromatic heterocycles. The van der Waals surface area contributed by atoms with E-state index >= 15 is 0 Å². The molecule has 0 radical (unpaired) electrons. The zero-order valence-corrected chi connectivity index (χ0v) is 11.7. The van der Waals surface area contributed by atoms with Crippen LogP contribution in [0.15, 0.2) is 24.3 Å². The summed E-state index contributed by atoms with van der Waals surface area (Å²) in [5.41, 5.74) is -0.419. The van der Waals surface area contributed by atoms with Crippen molar-refractivity contribution < 1.29 is 13.2 Å². The summed E-state index contributed by atoms with van der Waals surface area (Å²) in [6, 6.07) is 6.85. The van der Waals surface area contributed by atoms with Crippen molar-refractivity contribution >= 4 is 23.0 Å². The van der Waals surface area contributed by atoms with Gasteiger partial charge in [0.05, 0.1) is 18.1 Å². The zero-order chi connectivity index (χ0) is 15.2. The third-order valence-electron chi connectivity index (χ3n) is 2.51. The van der Waals surface area contributed by atoms with E-state index in [0.717, 1.165) is 12.1 Å². The molecule has 0 saturated heterocycles. The molecule has 0 saturated carbocycles. The van der Waals surface area contributed by atoms with Crippen LogP contribution < -0.4 is 10.2 Å². The number of nitriles is 1. The summed E-state index contributed by atoms with van der Waals surface area (Å²) in [5, 5.41) is 11.8. The second-order valence-electron chi connectivity index (χ2n) is 3.94. The zero-order valence-electron chi connectivity index (χ0n) is 10.9. The molecule has 1 aromatic rings. The number of alkyl halides is 3. The smallest absolute Gasteiger partial charge is 0.363 e. The molecule has 3 nitrogen and oxygen atoms in total. The Hall–Kier alpha value is -1.81. The normalized spacial score (nSPS) is 10.8. The molecule has 0 unspecified atom stereocenters. The van der Waals surface area contributed by atoms with E-state index in [1.54, 1.807) is 0 Å². The lowest BCUT2D eigenvalue weighted by molar-refractivity contribution is -0.137. The quantitative estimate of drug-likeness (QED) is 0.866. The Morgan fingerprint density at radius 1 is 1.45 bits per heavy atom. The van der Waals surface area contributed by atoms with E-state index in [9.17, 15) is 13.2 Å². The Bertz CT molecular complexity index is 508. The summed E-state index contributed by atoms with van der Waals surface area (Å²) in [6.07, 6.45) is -4.24. The molecule has 0 amide bonds. The highest BCUT2D eigenvalue weighted by Gasteiger charge is 2.31. The van der Waals surface area contributed by atoms with Crippen molar-refractivity contribution in [1.82, 2.24) is 5.32 Å². The number of thiocarbonyl (C=S) groups is 1. The molecule has 20 heavy (non-hydrogen) atoms. The van der Waals surface area contributed by atoms with Gasteiger partial charge in [0, 0.05) is 18.8 Å². The first kappa shape index (κ1) is 16.2. The van der Waals surface area contributed by atoms with Crippen molar-refractivity contribution in [3.05, 3.63) is 29.8 Å². The number of halogens is 3. The largest absolute Gasteiger partial charge is 0.416 e. The van der Waals surface area contributed by atoms with Crippen molar-refractivity contribution in [2.24, 2.45) is 0 Å². The van der Waals surface area contributed by atoms with Crippen LogP contribution in [-0.2, 0) is 6.18 Å². The van der Waals surface area contributed by atoms with Crippen LogP contribution in [0.1, 0.15) is 18.9 Å². The molecule has 1 N–H and O–H groups in total. The van der Waals surface area contributed by atoms with E-state index in [0.29, 0.717) is 17.3 Å². The van der Waals surface area contributed by atoms with Gasteiger partial charge in [-0.2, -0.15) is 18.4 Å². The molecule has 108 valence electrons. The minimum absolute atomic E-state index is 0.168. The van der Waals surface area contributed by atoms with Gasteiger partial charge in [-0.1, -0.05) is 6.07 Å². The van der Waals surface area contributed by atoms with Crippen LogP contribution in [0.4, 0.5) is 18.9 Å². The molecule has 0 spiro atoms. The lowest BCUT2D eigenvalue weighted by atomic mass is 10.2. The van der Waals surface area contributed by atoms with Gasteiger partial charge in [-0.05, 0) is 37.3 Å². The molecule has 0 bridgehead atoms. The predicted octanol–water partition coefficient (Wildman–Crippen LogP) is 3.32. The first-order chi connectivity index (χ1) is 9.40. The number of anilines is 1. The number of benzene rings is 1. The van der Waals surface area contributed by atoms with E-state index in [1.165, 1.54) is 17.0 Å². The molecule has 0 aliphatic rings. The fourth-order valence-corrected chi connectivity index (χ4v) is 1.95. The Labute approximate surface area is 121 Å². The maximum atomic E-state index is 12.7. The highest BCUT2D eigenvalue weighted by Crippen LogP contribution is 2.31. The number of nitrogens with one attached hydrogen (secondary N) is 1. The summed E-state index contributed by atoms with van der Waals surface area (Å²) >= 11 is 5.13. The average Bonchev–Trinajstić information content (AvgIpc) is 2.39. The van der Waals surface area contributed by atoms with Crippen molar-refractivity contribution in [2.45, 2.75) is 19.5 Å². The topological polar surface area (TPSA) is 39.1 Å². The van der Waals surface area contributed by atoms with Crippen LogP contribution in [-0.4, -0.2) is 18.2 Å². The first-order valence-electron chi connectivity index (χ1n) is 5.99. The van der Waals surface area contributed by atoms with Crippen LogP contribution in [0, 0.1) is 11.3 Å². The highest BCUT2D eigenvalue weighted by molar-refractivity contribution is 7.80. The molecule has 1 aromatic carbocycles. The van der Waals surface area contributed by atoms with Crippen LogP contribution in [0.25, 0.3) is 0 Å². The maximum Gasteiger partial charge on any atom is 0.416 e. The Balaban J connectivity index is 3.07.